The van der Waals surface area contributed by atoms with Crippen molar-refractivity contribution in [2.75, 3.05) is 18.0 Å². The highest BCUT2D eigenvalue weighted by molar-refractivity contribution is 6.00. The molecule has 8 nitrogen and oxygen atoms in total. The normalized spacial score (nSPS) is 18.0. The van der Waals surface area contributed by atoms with Gasteiger partial charge in [0.2, 0.25) is 11.7 Å². The van der Waals surface area contributed by atoms with Gasteiger partial charge >= 0.3 is 0 Å². The van der Waals surface area contributed by atoms with Gasteiger partial charge in [-0.05, 0) is 32.3 Å². The molecule has 0 unspecified atom stereocenters. The predicted octanol–water partition coefficient (Wildman–Crippen LogP) is 3.50. The zero-order chi connectivity index (χ0) is 23.1. The van der Waals surface area contributed by atoms with E-state index in [1.807, 2.05) is 37.3 Å². The van der Waals surface area contributed by atoms with Crippen LogP contribution in [0.1, 0.15) is 63.5 Å². The fourth-order valence-corrected chi connectivity index (χ4v) is 4.75. The molecule has 1 fully saturated rings. The number of benzene rings is 1. The number of aryl methyl sites for hydroxylation is 3. The molecular formula is C25H27N5O3. The number of likely N-dealkylation sites (tertiary alicyclic amines) is 1. The number of fused-ring (bicyclic) bond motifs is 1. The van der Waals surface area contributed by atoms with Crippen LogP contribution in [-0.4, -0.2) is 44.8 Å². The smallest absolute Gasteiger partial charge is 0.291 e. The Labute approximate surface area is 192 Å². The number of oxazole rings is 1. The number of hydrogen-bond acceptors (Lipinski definition) is 6. The molecule has 0 spiro atoms. The van der Waals surface area contributed by atoms with Crippen molar-refractivity contribution in [3.8, 4) is 0 Å². The molecule has 2 aliphatic rings. The van der Waals surface area contributed by atoms with E-state index >= 15 is 0 Å². The maximum absolute atomic E-state index is 13.1. The van der Waals surface area contributed by atoms with Crippen LogP contribution in [0.3, 0.4) is 0 Å². The van der Waals surface area contributed by atoms with Gasteiger partial charge in [-0.2, -0.15) is 0 Å². The predicted molar refractivity (Wildman–Crippen MR) is 122 cm³/mol. The summed E-state index contributed by atoms with van der Waals surface area (Å²) in [6.07, 6.45) is 2.07. The second kappa shape index (κ2) is 8.42. The van der Waals surface area contributed by atoms with Crippen molar-refractivity contribution in [3.63, 3.8) is 0 Å². The molecule has 2 amide bonds. The van der Waals surface area contributed by atoms with E-state index in [-0.39, 0.29) is 17.7 Å². The molecule has 0 aliphatic carbocycles. The summed E-state index contributed by atoms with van der Waals surface area (Å²) in [4.78, 5) is 43.3. The Morgan fingerprint density at radius 3 is 2.61 bits per heavy atom. The summed E-state index contributed by atoms with van der Waals surface area (Å²) in [5, 5.41) is 0. The van der Waals surface area contributed by atoms with E-state index in [4.69, 9.17) is 14.4 Å². The summed E-state index contributed by atoms with van der Waals surface area (Å²) in [7, 11) is 0. The van der Waals surface area contributed by atoms with Crippen molar-refractivity contribution >= 4 is 17.6 Å². The number of piperidine rings is 1. The van der Waals surface area contributed by atoms with Crippen LogP contribution in [0.2, 0.25) is 0 Å². The number of anilines is 1. The van der Waals surface area contributed by atoms with Crippen molar-refractivity contribution in [1.82, 2.24) is 19.9 Å². The molecule has 0 saturated carbocycles. The number of carbonyl (C=O) groups is 2. The van der Waals surface area contributed by atoms with Crippen molar-refractivity contribution < 1.29 is 14.0 Å². The van der Waals surface area contributed by atoms with Gasteiger partial charge in [0.25, 0.3) is 5.91 Å². The van der Waals surface area contributed by atoms with Gasteiger partial charge in [-0.3, -0.25) is 14.5 Å². The van der Waals surface area contributed by atoms with Crippen LogP contribution in [0.4, 0.5) is 5.82 Å². The highest BCUT2D eigenvalue weighted by Gasteiger charge is 2.34. The number of aromatic nitrogens is 3. The van der Waals surface area contributed by atoms with Gasteiger partial charge in [0.05, 0.1) is 18.7 Å². The first-order valence-corrected chi connectivity index (χ1v) is 11.4. The van der Waals surface area contributed by atoms with Crippen LogP contribution in [0, 0.1) is 20.8 Å². The van der Waals surface area contributed by atoms with Gasteiger partial charge in [-0.1, -0.05) is 30.3 Å². The summed E-state index contributed by atoms with van der Waals surface area (Å²) in [5.41, 5.74) is 3.41. The fourth-order valence-electron chi connectivity index (χ4n) is 4.75. The number of rotatable bonds is 4. The Morgan fingerprint density at radius 1 is 1.09 bits per heavy atom. The third kappa shape index (κ3) is 4.01. The van der Waals surface area contributed by atoms with Gasteiger partial charge in [-0.25, -0.2) is 15.0 Å². The Kier molecular flexibility index (Phi) is 5.44. The Balaban J connectivity index is 1.41. The van der Waals surface area contributed by atoms with Gasteiger partial charge in [0, 0.05) is 37.2 Å². The maximum atomic E-state index is 13.1. The van der Waals surface area contributed by atoms with Crippen molar-refractivity contribution in [2.45, 2.75) is 52.5 Å². The highest BCUT2D eigenvalue weighted by atomic mass is 16.4. The standard InChI is InChI=1S/C25H27N5O3/c1-15-20-12-21(31)30(13-18-8-5-4-6-9-18)24(20)28-23(27-15)19-10-7-11-29(14-19)25(32)22-16(2)26-17(3)33-22/h4-6,8-9,19H,7,10-14H2,1-3H3/t19-/m1/s1. The van der Waals surface area contributed by atoms with E-state index in [0.717, 1.165) is 29.7 Å². The quantitative estimate of drug-likeness (QED) is 0.610. The molecule has 0 bridgehead atoms. The van der Waals surface area contributed by atoms with Crippen LogP contribution < -0.4 is 4.90 Å². The van der Waals surface area contributed by atoms with Crippen LogP contribution >= 0.6 is 0 Å². The van der Waals surface area contributed by atoms with Gasteiger partial charge < -0.3 is 9.32 Å². The number of carbonyl (C=O) groups excluding carboxylic acids is 2. The maximum Gasteiger partial charge on any atom is 0.291 e. The summed E-state index contributed by atoms with van der Waals surface area (Å²) >= 11 is 0. The monoisotopic (exact) mass is 445 g/mol. The largest absolute Gasteiger partial charge is 0.436 e. The summed E-state index contributed by atoms with van der Waals surface area (Å²) in [5.74, 6) is 2.10. The minimum absolute atomic E-state index is 0.00491. The molecule has 1 aromatic carbocycles. The molecule has 0 radical (unpaired) electrons. The Morgan fingerprint density at radius 2 is 1.88 bits per heavy atom. The van der Waals surface area contributed by atoms with Crippen LogP contribution in [0.5, 0.6) is 0 Å². The molecule has 1 saturated heterocycles. The zero-order valence-electron chi connectivity index (χ0n) is 19.2. The van der Waals surface area contributed by atoms with E-state index < -0.39 is 0 Å². The Hall–Kier alpha value is -3.55. The molecule has 0 N–H and O–H groups in total. The van der Waals surface area contributed by atoms with Gasteiger partial charge in [0.1, 0.15) is 11.6 Å². The molecule has 33 heavy (non-hydrogen) atoms. The van der Waals surface area contributed by atoms with Crippen molar-refractivity contribution in [1.29, 1.82) is 0 Å². The lowest BCUT2D eigenvalue weighted by Gasteiger charge is -2.32. The summed E-state index contributed by atoms with van der Waals surface area (Å²) in [6.45, 7) is 7.14. The van der Waals surface area contributed by atoms with Crippen LogP contribution in [0.15, 0.2) is 34.7 Å². The molecule has 2 aromatic heterocycles. The average Bonchev–Trinajstić information content (AvgIpc) is 3.32. The minimum atomic E-state index is -0.142. The first kappa shape index (κ1) is 21.3. The molecule has 1 atom stereocenters. The number of nitrogens with zero attached hydrogens (tertiary/aromatic N) is 5. The molecule has 8 heteroatoms. The molecule has 4 heterocycles. The second-order valence-corrected chi connectivity index (χ2v) is 8.85. The van der Waals surface area contributed by atoms with E-state index in [1.54, 1.807) is 23.6 Å². The molecular weight excluding hydrogens is 418 g/mol. The van der Waals surface area contributed by atoms with Crippen molar-refractivity contribution in [3.05, 3.63) is 70.3 Å². The first-order chi connectivity index (χ1) is 15.9. The lowest BCUT2D eigenvalue weighted by Crippen LogP contribution is -2.39. The third-order valence-electron chi connectivity index (χ3n) is 6.45. The topological polar surface area (TPSA) is 92.4 Å². The van der Waals surface area contributed by atoms with Crippen LogP contribution in [0.25, 0.3) is 0 Å². The number of hydrogen-bond donors (Lipinski definition) is 0. The second-order valence-electron chi connectivity index (χ2n) is 8.85. The highest BCUT2D eigenvalue weighted by Crippen LogP contribution is 2.34. The molecule has 2 aliphatic heterocycles. The van der Waals surface area contributed by atoms with E-state index in [0.29, 0.717) is 55.0 Å². The summed E-state index contributed by atoms with van der Waals surface area (Å²) in [6, 6.07) is 9.93. The first-order valence-electron chi connectivity index (χ1n) is 11.4. The fraction of sp³-hybridized carbons (Fsp3) is 0.400. The van der Waals surface area contributed by atoms with E-state index in [1.165, 1.54) is 0 Å². The zero-order valence-corrected chi connectivity index (χ0v) is 19.2. The lowest BCUT2D eigenvalue weighted by molar-refractivity contribution is -0.117. The Bertz CT molecular complexity index is 1220. The lowest BCUT2D eigenvalue weighted by atomic mass is 9.96. The minimum Gasteiger partial charge on any atom is -0.436 e. The molecule has 170 valence electrons. The number of amides is 2. The van der Waals surface area contributed by atoms with E-state index in [9.17, 15) is 9.59 Å². The average molecular weight is 446 g/mol. The van der Waals surface area contributed by atoms with Gasteiger partial charge in [-0.15, -0.1) is 0 Å². The summed E-state index contributed by atoms with van der Waals surface area (Å²) < 4.78 is 5.55. The third-order valence-corrected chi connectivity index (χ3v) is 6.45. The SMILES string of the molecule is Cc1nc(C)c(C(=O)N2CCC[C@@H](c3nc(C)c4c(n3)N(Cc3ccccc3)C(=O)C4)C2)o1. The van der Waals surface area contributed by atoms with Gasteiger partial charge in [0.15, 0.2) is 5.89 Å². The van der Waals surface area contributed by atoms with Crippen molar-refractivity contribution in [2.24, 2.45) is 0 Å². The van der Waals surface area contributed by atoms with Crippen LogP contribution in [-0.2, 0) is 17.8 Å². The molecule has 3 aromatic rings. The van der Waals surface area contributed by atoms with E-state index in [2.05, 4.69) is 4.98 Å². The molecule has 5 rings (SSSR count).